The van der Waals surface area contributed by atoms with Crippen molar-refractivity contribution >= 4 is 46.1 Å². The van der Waals surface area contributed by atoms with E-state index in [4.69, 9.17) is 9.47 Å². The summed E-state index contributed by atoms with van der Waals surface area (Å²) >= 11 is 1.55. The monoisotopic (exact) mass is 1030 g/mol. The van der Waals surface area contributed by atoms with Crippen molar-refractivity contribution < 1.29 is 52.0 Å². The highest BCUT2D eigenvalue weighted by molar-refractivity contribution is 7.13. The third kappa shape index (κ3) is 13.6. The number of nitrogens with zero attached hydrogens (tertiary/aromatic N) is 4. The van der Waals surface area contributed by atoms with Gasteiger partial charge in [-0.2, -0.15) is 0 Å². The fraction of sp³-hybridized carbons (Fsp3) is 0.500. The first-order valence-corrected chi connectivity index (χ1v) is 25.7. The number of alkyl halides is 1. The summed E-state index contributed by atoms with van der Waals surface area (Å²) in [5, 5.41) is 27.1. The van der Waals surface area contributed by atoms with E-state index >= 15 is 13.2 Å². The van der Waals surface area contributed by atoms with Crippen molar-refractivity contribution in [1.29, 1.82) is 0 Å². The molecule has 2 aliphatic heterocycles. The molecule has 0 bridgehead atoms. The van der Waals surface area contributed by atoms with Gasteiger partial charge in [0.2, 0.25) is 17.7 Å². The van der Waals surface area contributed by atoms with Crippen molar-refractivity contribution in [1.82, 2.24) is 35.3 Å². The van der Waals surface area contributed by atoms with Crippen LogP contribution in [0.2, 0.25) is 0 Å². The zero-order valence-electron chi connectivity index (χ0n) is 42.6. The van der Waals surface area contributed by atoms with Crippen molar-refractivity contribution in [2.75, 3.05) is 46.0 Å². The number of likely N-dealkylation sites (tertiary alicyclic amines) is 1. The number of para-hydroxylation sites is 1. The summed E-state index contributed by atoms with van der Waals surface area (Å²) < 4.78 is 58.8. The van der Waals surface area contributed by atoms with Gasteiger partial charge in [-0.25, -0.2) is 22.9 Å². The van der Waals surface area contributed by atoms with Crippen molar-refractivity contribution in [3.05, 3.63) is 106 Å². The molecule has 0 unspecified atom stereocenters. The molecule has 3 aromatic carbocycles. The number of hydrogen-bond acceptors (Lipinski definition) is 10. The quantitative estimate of drug-likeness (QED) is 0.0447. The van der Waals surface area contributed by atoms with Gasteiger partial charge in [0.05, 0.1) is 34.8 Å². The fourth-order valence-corrected chi connectivity index (χ4v) is 10.6. The molecule has 7 rings (SSSR count). The lowest BCUT2D eigenvalue weighted by atomic mass is 9.85. The van der Waals surface area contributed by atoms with E-state index in [1.807, 2.05) is 62.4 Å². The Balaban J connectivity index is 0.847. The number of rotatable bonds is 21. The number of amides is 4. The summed E-state index contributed by atoms with van der Waals surface area (Å²) in [7, 11) is 0. The molecule has 4 amide bonds. The highest BCUT2D eigenvalue weighted by Gasteiger charge is 2.45. The molecular weight excluding hydrogens is 964 g/mol. The molecule has 0 saturated carbocycles. The molecule has 1 fully saturated rings. The first kappa shape index (κ1) is 54.7. The number of thiazole rings is 1. The molecule has 1 saturated heterocycles. The second-order valence-electron chi connectivity index (χ2n) is 20.9. The average molecular weight is 1030 g/mol. The minimum atomic E-state index is -1.65. The molecule has 394 valence electrons. The van der Waals surface area contributed by atoms with Crippen LogP contribution in [0.25, 0.3) is 21.3 Å². The Morgan fingerprint density at radius 1 is 0.986 bits per heavy atom. The van der Waals surface area contributed by atoms with Crippen LogP contribution in [-0.4, -0.2) is 135 Å². The van der Waals surface area contributed by atoms with E-state index in [1.165, 1.54) is 18.7 Å². The third-order valence-corrected chi connectivity index (χ3v) is 14.4. The van der Waals surface area contributed by atoms with Crippen LogP contribution in [0.4, 0.5) is 18.0 Å². The molecule has 4 heterocycles. The first-order chi connectivity index (χ1) is 34.6. The van der Waals surface area contributed by atoms with Gasteiger partial charge in [0, 0.05) is 79.5 Å². The number of ether oxygens (including phenoxy) is 2. The smallest absolute Gasteiger partial charge is 0.407 e. The minimum Gasteiger partial charge on any atom is -0.492 e. The summed E-state index contributed by atoms with van der Waals surface area (Å²) in [5.74, 6) is -3.28. The van der Waals surface area contributed by atoms with Gasteiger partial charge in [-0.1, -0.05) is 63.2 Å². The number of carboxylic acid groups (broad SMARTS) is 1. The normalized spacial score (nSPS) is 18.6. The van der Waals surface area contributed by atoms with Crippen molar-refractivity contribution in [2.24, 2.45) is 5.41 Å². The van der Waals surface area contributed by atoms with Crippen LogP contribution in [0.1, 0.15) is 101 Å². The second-order valence-corrected chi connectivity index (χ2v) is 21.7. The predicted molar refractivity (Wildman–Crippen MR) is 273 cm³/mol. The molecular formula is C54H68F3N7O8S. The highest BCUT2D eigenvalue weighted by Crippen LogP contribution is 2.44. The molecule has 5 atom stereocenters. The summed E-state index contributed by atoms with van der Waals surface area (Å²) in [6.07, 6.45) is 0.0324. The predicted octanol–water partition coefficient (Wildman–Crippen LogP) is 8.32. The SMILES string of the molecule is Cc1ncsc1-c1ccc(CNC(=O)[C@@H]2C[C@@H](O)CN2C(=O)[C@@H](NC(=O)COCCCCCN(CCOc2cc(F)c([C@@H]3c4[nH]c5ccccc5c4C[C@@H](C)N3CC(C)(C)F)c(F)c2)C(=O)O)C(C)(C)C)cc1. The standard InChI is InChI=1S/C54H68F3N7O8S/c1-32-23-39-38-13-9-10-14-42(38)60-46(39)47(64(32)30-54(6,7)57)45-40(55)25-37(26-41(45)56)72-22-20-62(52(69)70)19-11-8-12-21-71-29-44(66)61-49(53(3,4)5)51(68)63-28-36(65)24-43(63)50(67)58-27-34-15-17-35(18-16-34)48-33(2)59-31-73-48/h9-10,13-18,25-26,31-32,36,43,47,49,60,65H,8,11-12,19-24,27-30H2,1-7H3,(H,58,67)(H,61,66)(H,69,70)/t32-,36-,43+,47-,49-/m1/s1. The molecule has 2 aromatic heterocycles. The topological polar surface area (TPSA) is 190 Å². The van der Waals surface area contributed by atoms with Crippen LogP contribution in [0.15, 0.2) is 66.2 Å². The third-order valence-electron chi connectivity index (χ3n) is 13.5. The lowest BCUT2D eigenvalue weighted by Crippen LogP contribution is -2.58. The van der Waals surface area contributed by atoms with E-state index < -0.39 is 70.8 Å². The van der Waals surface area contributed by atoms with E-state index in [2.05, 4.69) is 20.6 Å². The fourth-order valence-electron chi connectivity index (χ4n) is 9.81. The van der Waals surface area contributed by atoms with Crippen LogP contribution in [0.5, 0.6) is 5.75 Å². The van der Waals surface area contributed by atoms with Crippen LogP contribution >= 0.6 is 11.3 Å². The zero-order chi connectivity index (χ0) is 52.8. The van der Waals surface area contributed by atoms with E-state index in [1.54, 1.807) is 42.5 Å². The molecule has 73 heavy (non-hydrogen) atoms. The van der Waals surface area contributed by atoms with Crippen LogP contribution in [0, 0.1) is 24.0 Å². The lowest BCUT2D eigenvalue weighted by Gasteiger charge is -2.43. The van der Waals surface area contributed by atoms with E-state index in [9.17, 15) is 29.4 Å². The molecule has 2 aliphatic rings. The summed E-state index contributed by atoms with van der Waals surface area (Å²) in [6.45, 7) is 12.0. The van der Waals surface area contributed by atoms with E-state index in [-0.39, 0.29) is 76.3 Å². The molecule has 5 N–H and O–H groups in total. The minimum absolute atomic E-state index is 0.0571. The lowest BCUT2D eigenvalue weighted by molar-refractivity contribution is -0.144. The molecule has 0 aliphatic carbocycles. The number of H-pyrrole nitrogens is 1. The Bertz CT molecular complexity index is 2710. The number of carbonyl (C=O) groups is 4. The number of unbranched alkanes of at least 4 members (excludes halogenated alkanes) is 2. The number of carbonyl (C=O) groups excluding carboxylic acids is 3. The van der Waals surface area contributed by atoms with Gasteiger partial charge in [0.25, 0.3) is 0 Å². The number of halogens is 3. The summed E-state index contributed by atoms with van der Waals surface area (Å²) in [5.41, 5.74) is 4.35. The number of aromatic amines is 1. The molecule has 0 radical (unpaired) electrons. The van der Waals surface area contributed by atoms with Gasteiger partial charge in [0.1, 0.15) is 48.4 Å². The molecule has 5 aromatic rings. The maximum absolute atomic E-state index is 16.1. The Morgan fingerprint density at radius 2 is 1.70 bits per heavy atom. The first-order valence-electron chi connectivity index (χ1n) is 24.9. The number of hydrogen-bond donors (Lipinski definition) is 5. The van der Waals surface area contributed by atoms with Gasteiger partial charge < -0.3 is 45.1 Å². The Hall–Kier alpha value is -6.02. The number of β-amino-alcohol motifs (C(OH)–C–C–N with tert-alkyl or cyclic N) is 1. The van der Waals surface area contributed by atoms with Crippen molar-refractivity contribution in [3.8, 4) is 16.2 Å². The molecule has 19 heteroatoms. The Labute approximate surface area is 428 Å². The van der Waals surface area contributed by atoms with Gasteiger partial charge in [0.15, 0.2) is 0 Å². The molecule has 15 nitrogen and oxygen atoms in total. The van der Waals surface area contributed by atoms with E-state index in [0.29, 0.717) is 31.4 Å². The number of aliphatic hydroxyl groups is 1. The average Bonchev–Trinajstić information content (AvgIpc) is 4.05. The van der Waals surface area contributed by atoms with Crippen LogP contribution < -0.4 is 15.4 Å². The number of aliphatic hydroxyl groups excluding tert-OH is 1. The Kier molecular flexibility index (Phi) is 17.6. The number of nitrogens with one attached hydrogen (secondary N) is 3. The summed E-state index contributed by atoms with van der Waals surface area (Å²) in [4.78, 5) is 65.7. The van der Waals surface area contributed by atoms with Gasteiger partial charge in [-0.05, 0) is 81.5 Å². The van der Waals surface area contributed by atoms with Crippen molar-refractivity contribution in [2.45, 2.75) is 123 Å². The van der Waals surface area contributed by atoms with Crippen LogP contribution in [-0.2, 0) is 32.1 Å². The van der Waals surface area contributed by atoms with Gasteiger partial charge in [-0.15, -0.1) is 11.3 Å². The number of benzene rings is 3. The van der Waals surface area contributed by atoms with Gasteiger partial charge >= 0.3 is 6.09 Å². The second kappa shape index (κ2) is 23.5. The highest BCUT2D eigenvalue weighted by atomic mass is 32.1. The number of fused-ring (bicyclic) bond motifs is 3. The van der Waals surface area contributed by atoms with Crippen molar-refractivity contribution in [3.63, 3.8) is 0 Å². The van der Waals surface area contributed by atoms with E-state index in [0.717, 1.165) is 55.2 Å². The zero-order valence-corrected chi connectivity index (χ0v) is 43.4. The summed E-state index contributed by atoms with van der Waals surface area (Å²) in [6, 6.07) is 14.4. The van der Waals surface area contributed by atoms with Gasteiger partial charge in [-0.3, -0.25) is 19.3 Å². The number of aryl methyl sites for hydroxylation is 1. The van der Waals surface area contributed by atoms with Crippen LogP contribution in [0.3, 0.4) is 0 Å². The Morgan fingerprint density at radius 3 is 2.36 bits per heavy atom. The number of aromatic nitrogens is 2. The maximum Gasteiger partial charge on any atom is 0.407 e. The molecule has 0 spiro atoms. The maximum atomic E-state index is 16.1. The largest absolute Gasteiger partial charge is 0.492 e.